The zero-order chi connectivity index (χ0) is 13.9. The third-order valence-electron chi connectivity index (χ3n) is 2.95. The van der Waals surface area contributed by atoms with E-state index in [9.17, 15) is 4.79 Å². The molecule has 1 aliphatic heterocycles. The van der Waals surface area contributed by atoms with E-state index in [-0.39, 0.29) is 12.0 Å². The minimum absolute atomic E-state index is 0.168. The summed E-state index contributed by atoms with van der Waals surface area (Å²) in [4.78, 5) is 14.8. The van der Waals surface area contributed by atoms with Gasteiger partial charge < -0.3 is 19.8 Å². The molecule has 1 aromatic heterocycles. The molecule has 1 atom stereocenters. The molecule has 0 saturated carbocycles. The fourth-order valence-electron chi connectivity index (χ4n) is 1.96. The lowest BCUT2D eigenvalue weighted by Crippen LogP contribution is -2.40. The Kier molecular flexibility index (Phi) is 3.64. The number of carbonyl (C=O) groups excluding carboxylic acids is 1. The van der Waals surface area contributed by atoms with Crippen LogP contribution in [0.15, 0.2) is 41.0 Å². The maximum atomic E-state index is 11.9. The summed E-state index contributed by atoms with van der Waals surface area (Å²) in [5.41, 5.74) is 0.508. The number of aromatic amines is 1. The zero-order valence-corrected chi connectivity index (χ0v) is 12.1. The third kappa shape index (κ3) is 2.80. The van der Waals surface area contributed by atoms with Gasteiger partial charge in [-0.2, -0.15) is 0 Å². The average molecular weight is 337 g/mol. The van der Waals surface area contributed by atoms with Crippen molar-refractivity contribution in [1.82, 2.24) is 10.3 Å². The fraction of sp³-hybridized carbons (Fsp3) is 0.214. The van der Waals surface area contributed by atoms with Crippen molar-refractivity contribution < 1.29 is 14.3 Å². The first-order chi connectivity index (χ1) is 9.72. The van der Waals surface area contributed by atoms with Gasteiger partial charge in [0.2, 0.25) is 0 Å². The summed E-state index contributed by atoms with van der Waals surface area (Å²) in [5, 5.41) is 2.82. The van der Waals surface area contributed by atoms with Gasteiger partial charge in [-0.3, -0.25) is 4.79 Å². The number of halogens is 1. The van der Waals surface area contributed by atoms with Crippen LogP contribution in [-0.4, -0.2) is 30.1 Å². The molecule has 0 spiro atoms. The number of hydrogen-bond acceptors (Lipinski definition) is 3. The molecule has 104 valence electrons. The summed E-state index contributed by atoms with van der Waals surface area (Å²) >= 11 is 3.29. The van der Waals surface area contributed by atoms with Crippen molar-refractivity contribution >= 4 is 21.8 Å². The lowest BCUT2D eigenvalue weighted by Gasteiger charge is -2.26. The van der Waals surface area contributed by atoms with Crippen LogP contribution in [0, 0.1) is 0 Å². The number of hydrogen-bond donors (Lipinski definition) is 2. The second-order valence-corrected chi connectivity index (χ2v) is 5.35. The highest BCUT2D eigenvalue weighted by Crippen LogP contribution is 2.30. The Morgan fingerprint density at radius 2 is 2.20 bits per heavy atom. The quantitative estimate of drug-likeness (QED) is 0.904. The molecule has 6 heteroatoms. The Hall–Kier alpha value is -1.95. The molecule has 0 unspecified atom stereocenters. The molecule has 0 fully saturated rings. The molecule has 1 amide bonds. The van der Waals surface area contributed by atoms with E-state index in [1.807, 2.05) is 24.3 Å². The summed E-state index contributed by atoms with van der Waals surface area (Å²) < 4.78 is 12.2. The van der Waals surface area contributed by atoms with E-state index in [2.05, 4.69) is 26.2 Å². The zero-order valence-electron chi connectivity index (χ0n) is 10.6. The molecule has 3 rings (SSSR count). The van der Waals surface area contributed by atoms with Crippen LogP contribution in [0.1, 0.15) is 10.5 Å². The van der Waals surface area contributed by atoms with Crippen LogP contribution in [0.3, 0.4) is 0 Å². The van der Waals surface area contributed by atoms with Crippen LogP contribution in [0.2, 0.25) is 0 Å². The van der Waals surface area contributed by atoms with Crippen LogP contribution in [-0.2, 0) is 0 Å². The van der Waals surface area contributed by atoms with Crippen molar-refractivity contribution in [3.05, 3.63) is 46.7 Å². The van der Waals surface area contributed by atoms with Gasteiger partial charge in [-0.05, 0) is 34.1 Å². The Labute approximate surface area is 124 Å². The predicted molar refractivity (Wildman–Crippen MR) is 77.2 cm³/mol. The van der Waals surface area contributed by atoms with E-state index in [0.29, 0.717) is 24.6 Å². The van der Waals surface area contributed by atoms with Gasteiger partial charge in [-0.1, -0.05) is 12.1 Å². The highest BCUT2D eigenvalue weighted by atomic mass is 79.9. The summed E-state index contributed by atoms with van der Waals surface area (Å²) in [5.74, 6) is 1.28. The number of fused-ring (bicyclic) bond motifs is 1. The van der Waals surface area contributed by atoms with E-state index < -0.39 is 0 Å². The number of nitrogens with one attached hydrogen (secondary N) is 2. The number of para-hydroxylation sites is 2. The van der Waals surface area contributed by atoms with Gasteiger partial charge in [0, 0.05) is 10.7 Å². The van der Waals surface area contributed by atoms with Crippen LogP contribution in [0.25, 0.3) is 0 Å². The molecule has 1 aliphatic rings. The number of benzene rings is 1. The molecule has 0 bridgehead atoms. The first kappa shape index (κ1) is 13.1. The molecule has 0 saturated heterocycles. The van der Waals surface area contributed by atoms with Gasteiger partial charge >= 0.3 is 0 Å². The van der Waals surface area contributed by atoms with E-state index in [1.54, 1.807) is 12.3 Å². The summed E-state index contributed by atoms with van der Waals surface area (Å²) in [7, 11) is 0. The summed E-state index contributed by atoms with van der Waals surface area (Å²) in [6, 6.07) is 9.22. The second kappa shape index (κ2) is 5.58. The van der Waals surface area contributed by atoms with E-state index in [4.69, 9.17) is 9.47 Å². The van der Waals surface area contributed by atoms with Crippen molar-refractivity contribution in [2.45, 2.75) is 6.10 Å². The van der Waals surface area contributed by atoms with E-state index in [1.165, 1.54) is 0 Å². The molecule has 2 heterocycles. The van der Waals surface area contributed by atoms with Gasteiger partial charge in [-0.25, -0.2) is 0 Å². The topological polar surface area (TPSA) is 63.4 Å². The van der Waals surface area contributed by atoms with Gasteiger partial charge in [0.25, 0.3) is 5.91 Å². The average Bonchev–Trinajstić information content (AvgIpc) is 2.91. The Morgan fingerprint density at radius 1 is 1.40 bits per heavy atom. The fourth-order valence-corrected chi connectivity index (χ4v) is 2.31. The van der Waals surface area contributed by atoms with Crippen molar-refractivity contribution in [1.29, 1.82) is 0 Å². The molecule has 0 aliphatic carbocycles. The normalized spacial score (nSPS) is 16.8. The van der Waals surface area contributed by atoms with Crippen LogP contribution >= 0.6 is 15.9 Å². The number of ether oxygens (including phenoxy) is 2. The van der Waals surface area contributed by atoms with Gasteiger partial charge in [0.1, 0.15) is 18.4 Å². The van der Waals surface area contributed by atoms with Crippen molar-refractivity contribution in [2.75, 3.05) is 13.2 Å². The molecular weight excluding hydrogens is 324 g/mol. The van der Waals surface area contributed by atoms with Gasteiger partial charge in [0.05, 0.1) is 6.54 Å². The Balaban J connectivity index is 1.56. The standard InChI is InChI=1S/C14H13BrN2O3/c15-9-5-11(16-6-9)14(18)17-7-10-8-19-12-3-1-2-4-13(12)20-10/h1-6,10,16H,7-8H2,(H,17,18)/t10-/m0/s1. The molecule has 2 aromatic rings. The first-order valence-corrected chi connectivity index (χ1v) is 7.02. The minimum atomic E-state index is -0.188. The molecular formula is C14H13BrN2O3. The molecule has 2 N–H and O–H groups in total. The number of aromatic nitrogens is 1. The van der Waals surface area contributed by atoms with E-state index in [0.717, 1.165) is 10.2 Å². The Morgan fingerprint density at radius 3 is 2.95 bits per heavy atom. The van der Waals surface area contributed by atoms with Crippen molar-refractivity contribution in [3.8, 4) is 11.5 Å². The Bertz CT molecular complexity index is 626. The van der Waals surface area contributed by atoms with E-state index >= 15 is 0 Å². The lowest BCUT2D eigenvalue weighted by molar-refractivity contribution is 0.0786. The molecule has 20 heavy (non-hydrogen) atoms. The molecule has 0 radical (unpaired) electrons. The van der Waals surface area contributed by atoms with Crippen molar-refractivity contribution in [2.24, 2.45) is 0 Å². The SMILES string of the molecule is O=C(NC[C@H]1COc2ccccc2O1)c1cc(Br)c[nH]1. The third-order valence-corrected chi connectivity index (χ3v) is 3.41. The van der Waals surface area contributed by atoms with Gasteiger partial charge in [-0.15, -0.1) is 0 Å². The minimum Gasteiger partial charge on any atom is -0.486 e. The van der Waals surface area contributed by atoms with Crippen LogP contribution < -0.4 is 14.8 Å². The highest BCUT2D eigenvalue weighted by molar-refractivity contribution is 9.10. The number of H-pyrrole nitrogens is 1. The second-order valence-electron chi connectivity index (χ2n) is 4.44. The first-order valence-electron chi connectivity index (χ1n) is 6.23. The maximum absolute atomic E-state index is 11.9. The lowest BCUT2D eigenvalue weighted by atomic mass is 10.2. The largest absolute Gasteiger partial charge is 0.486 e. The monoisotopic (exact) mass is 336 g/mol. The predicted octanol–water partition coefficient (Wildman–Crippen LogP) is 2.35. The summed E-state index contributed by atoms with van der Waals surface area (Å²) in [6.07, 6.45) is 1.53. The molecule has 5 nitrogen and oxygen atoms in total. The summed E-state index contributed by atoms with van der Waals surface area (Å²) in [6.45, 7) is 0.815. The molecule has 1 aromatic carbocycles. The highest BCUT2D eigenvalue weighted by Gasteiger charge is 2.21. The number of amides is 1. The smallest absolute Gasteiger partial charge is 0.267 e. The van der Waals surface area contributed by atoms with Crippen LogP contribution in [0.4, 0.5) is 0 Å². The number of rotatable bonds is 3. The van der Waals surface area contributed by atoms with Crippen LogP contribution in [0.5, 0.6) is 11.5 Å². The van der Waals surface area contributed by atoms with Gasteiger partial charge in [0.15, 0.2) is 11.5 Å². The number of carbonyl (C=O) groups is 1. The van der Waals surface area contributed by atoms with Crippen molar-refractivity contribution in [3.63, 3.8) is 0 Å². The maximum Gasteiger partial charge on any atom is 0.267 e.